The molecule has 0 aliphatic carbocycles. The smallest absolute Gasteiger partial charge is 0.258 e. The van der Waals surface area contributed by atoms with Gasteiger partial charge < -0.3 is 0 Å². The number of hydrogen-bond donors (Lipinski definition) is 0. The molecule has 0 aromatic heterocycles. The van der Waals surface area contributed by atoms with Crippen LogP contribution in [0.3, 0.4) is 0 Å². The minimum atomic E-state index is -3.87. The Bertz CT molecular complexity index is 660. The molecule has 0 spiro atoms. The molecule has 116 valence electrons. The molecule has 1 fully saturated rings. The zero-order valence-electron chi connectivity index (χ0n) is 11.8. The fourth-order valence-electron chi connectivity index (χ4n) is 2.70. The van der Waals surface area contributed by atoms with Crippen molar-refractivity contribution in [3.8, 4) is 0 Å². The van der Waals surface area contributed by atoms with Gasteiger partial charge in [-0.05, 0) is 30.9 Å². The van der Waals surface area contributed by atoms with Crippen LogP contribution >= 0.6 is 15.9 Å². The van der Waals surface area contributed by atoms with E-state index in [2.05, 4.69) is 15.9 Å². The number of halogens is 1. The summed E-state index contributed by atoms with van der Waals surface area (Å²) in [7, 11) is -3.87. The number of benzene rings is 1. The van der Waals surface area contributed by atoms with Crippen molar-refractivity contribution in [3.05, 3.63) is 32.8 Å². The van der Waals surface area contributed by atoms with Crippen LogP contribution in [-0.4, -0.2) is 30.2 Å². The molecule has 21 heavy (non-hydrogen) atoms. The molecule has 0 N–H and O–H groups in total. The highest BCUT2D eigenvalue weighted by molar-refractivity contribution is 9.10. The van der Waals surface area contributed by atoms with Crippen molar-refractivity contribution in [2.75, 3.05) is 6.54 Å². The van der Waals surface area contributed by atoms with Crippen molar-refractivity contribution in [3.63, 3.8) is 0 Å². The molecular weight excluding hydrogens is 360 g/mol. The molecule has 1 aliphatic heterocycles. The van der Waals surface area contributed by atoms with Gasteiger partial charge >= 0.3 is 0 Å². The summed E-state index contributed by atoms with van der Waals surface area (Å²) in [6.45, 7) is 4.34. The lowest BCUT2D eigenvalue weighted by molar-refractivity contribution is -0.387. The van der Waals surface area contributed by atoms with Crippen LogP contribution in [-0.2, 0) is 10.0 Å². The number of sulfonamides is 1. The van der Waals surface area contributed by atoms with Crippen LogP contribution in [0.1, 0.15) is 26.7 Å². The summed E-state index contributed by atoms with van der Waals surface area (Å²) in [5, 5.41) is 11.1. The summed E-state index contributed by atoms with van der Waals surface area (Å²) < 4.78 is 27.6. The maximum absolute atomic E-state index is 12.8. The van der Waals surface area contributed by atoms with Crippen molar-refractivity contribution in [1.29, 1.82) is 0 Å². The highest BCUT2D eigenvalue weighted by atomic mass is 79.9. The summed E-state index contributed by atoms with van der Waals surface area (Å²) >= 11 is 3.18. The van der Waals surface area contributed by atoms with Crippen LogP contribution < -0.4 is 0 Å². The molecule has 1 atom stereocenters. The maximum Gasteiger partial charge on any atom is 0.289 e. The van der Waals surface area contributed by atoms with Gasteiger partial charge in [-0.2, -0.15) is 4.31 Å². The second-order valence-electron chi connectivity index (χ2n) is 5.44. The second kappa shape index (κ2) is 6.02. The molecule has 0 bridgehead atoms. The molecule has 8 heteroatoms. The van der Waals surface area contributed by atoms with Crippen molar-refractivity contribution in [1.82, 2.24) is 4.31 Å². The van der Waals surface area contributed by atoms with E-state index in [0.29, 0.717) is 11.0 Å². The lowest BCUT2D eigenvalue weighted by atomic mass is 10.0. The molecule has 1 heterocycles. The summed E-state index contributed by atoms with van der Waals surface area (Å²) in [6, 6.07) is 3.90. The van der Waals surface area contributed by atoms with E-state index in [9.17, 15) is 18.5 Å². The van der Waals surface area contributed by atoms with E-state index < -0.39 is 14.9 Å². The second-order valence-corrected chi connectivity index (χ2v) is 8.21. The molecule has 2 rings (SSSR count). The van der Waals surface area contributed by atoms with Gasteiger partial charge in [0.25, 0.3) is 5.69 Å². The van der Waals surface area contributed by atoms with Crippen molar-refractivity contribution in [2.45, 2.75) is 37.6 Å². The summed E-state index contributed by atoms with van der Waals surface area (Å²) in [5.74, 6) is 0.175. The molecule has 1 aromatic rings. The summed E-state index contributed by atoms with van der Waals surface area (Å²) in [5.41, 5.74) is -0.382. The van der Waals surface area contributed by atoms with E-state index in [0.717, 1.165) is 12.8 Å². The SMILES string of the molecule is CC(C)C1CCCN1S(=O)(=O)c1cc(Br)ccc1[N+](=O)[O-]. The minimum absolute atomic E-state index is 0.103. The van der Waals surface area contributed by atoms with Gasteiger partial charge in [-0.15, -0.1) is 0 Å². The van der Waals surface area contributed by atoms with Gasteiger partial charge in [0.15, 0.2) is 4.90 Å². The molecule has 0 saturated carbocycles. The van der Waals surface area contributed by atoms with E-state index in [-0.39, 0.29) is 22.5 Å². The highest BCUT2D eigenvalue weighted by Gasteiger charge is 2.39. The topological polar surface area (TPSA) is 80.5 Å². The zero-order chi connectivity index (χ0) is 15.8. The van der Waals surface area contributed by atoms with E-state index in [1.54, 1.807) is 0 Å². The first kappa shape index (κ1) is 16.4. The monoisotopic (exact) mass is 376 g/mol. The van der Waals surface area contributed by atoms with Crippen LogP contribution in [0.5, 0.6) is 0 Å². The Kier molecular flexibility index (Phi) is 4.69. The van der Waals surface area contributed by atoms with Gasteiger partial charge in [0.2, 0.25) is 10.0 Å². The Morgan fingerprint density at radius 3 is 2.67 bits per heavy atom. The Balaban J connectivity index is 2.54. The predicted octanol–water partition coefficient (Wildman–Crippen LogP) is 3.17. The van der Waals surface area contributed by atoms with Crippen LogP contribution in [0, 0.1) is 16.0 Å². The van der Waals surface area contributed by atoms with Gasteiger partial charge in [-0.3, -0.25) is 10.1 Å². The summed E-state index contributed by atoms with van der Waals surface area (Å²) in [6.07, 6.45) is 1.57. The molecule has 0 radical (unpaired) electrons. The van der Waals surface area contributed by atoms with Crippen molar-refractivity contribution in [2.24, 2.45) is 5.92 Å². The van der Waals surface area contributed by atoms with Crippen LogP contribution in [0.2, 0.25) is 0 Å². The first-order chi connectivity index (χ1) is 9.75. The number of rotatable bonds is 4. The first-order valence-electron chi connectivity index (χ1n) is 6.71. The van der Waals surface area contributed by atoms with E-state index >= 15 is 0 Å². The lowest BCUT2D eigenvalue weighted by Crippen LogP contribution is -2.38. The molecule has 0 amide bonds. The van der Waals surface area contributed by atoms with Crippen LogP contribution in [0.25, 0.3) is 0 Å². The molecule has 1 aromatic carbocycles. The first-order valence-corrected chi connectivity index (χ1v) is 8.94. The Labute approximate surface area is 132 Å². The molecule has 1 aliphatic rings. The number of nitro groups is 1. The van der Waals surface area contributed by atoms with Crippen LogP contribution in [0.4, 0.5) is 5.69 Å². The normalized spacial score (nSPS) is 20.1. The molecule has 1 unspecified atom stereocenters. The van der Waals surface area contributed by atoms with Gasteiger partial charge in [0.05, 0.1) is 4.92 Å². The zero-order valence-corrected chi connectivity index (χ0v) is 14.2. The summed E-state index contributed by atoms with van der Waals surface area (Å²) in [4.78, 5) is 10.2. The van der Waals surface area contributed by atoms with E-state index in [1.165, 1.54) is 22.5 Å². The predicted molar refractivity (Wildman–Crippen MR) is 82.5 cm³/mol. The van der Waals surface area contributed by atoms with Gasteiger partial charge in [0.1, 0.15) is 0 Å². The third-order valence-corrected chi connectivity index (χ3v) is 6.17. The van der Waals surface area contributed by atoms with Gasteiger partial charge in [-0.1, -0.05) is 29.8 Å². The number of nitrogens with zero attached hydrogens (tertiary/aromatic N) is 2. The Morgan fingerprint density at radius 1 is 1.43 bits per heavy atom. The van der Waals surface area contributed by atoms with E-state index in [4.69, 9.17) is 0 Å². The Hall–Kier alpha value is -0.990. The van der Waals surface area contributed by atoms with Gasteiger partial charge in [0, 0.05) is 23.1 Å². The molecule has 1 saturated heterocycles. The average Bonchev–Trinajstić information content (AvgIpc) is 2.88. The highest BCUT2D eigenvalue weighted by Crippen LogP contribution is 2.35. The fraction of sp³-hybridized carbons (Fsp3) is 0.538. The third kappa shape index (κ3) is 3.12. The van der Waals surface area contributed by atoms with Crippen molar-refractivity contribution < 1.29 is 13.3 Å². The Morgan fingerprint density at radius 2 is 2.10 bits per heavy atom. The van der Waals surface area contributed by atoms with Crippen molar-refractivity contribution >= 4 is 31.6 Å². The van der Waals surface area contributed by atoms with Crippen LogP contribution in [0.15, 0.2) is 27.6 Å². The number of nitro benzene ring substituents is 1. The molecule has 6 nitrogen and oxygen atoms in total. The third-order valence-electron chi connectivity index (χ3n) is 3.72. The van der Waals surface area contributed by atoms with Gasteiger partial charge in [-0.25, -0.2) is 8.42 Å². The minimum Gasteiger partial charge on any atom is -0.258 e. The van der Waals surface area contributed by atoms with E-state index in [1.807, 2.05) is 13.8 Å². The molecular formula is C13H17BrN2O4S. The fourth-order valence-corrected chi connectivity index (χ4v) is 5.22. The maximum atomic E-state index is 12.8. The average molecular weight is 377 g/mol. The largest absolute Gasteiger partial charge is 0.289 e. The number of hydrogen-bond acceptors (Lipinski definition) is 4. The quantitative estimate of drug-likeness (QED) is 0.596. The lowest BCUT2D eigenvalue weighted by Gasteiger charge is -2.26. The standard InChI is InChI=1S/C13H17BrN2O4S/c1-9(2)11-4-3-7-15(11)21(19,20)13-8-10(14)5-6-12(13)16(17)18/h5-6,8-9,11H,3-4,7H2,1-2H3.